The fraction of sp³-hybridized carbons (Fsp3) is 0.312. The fourth-order valence-electron chi connectivity index (χ4n) is 2.40. The van der Waals surface area contributed by atoms with Crippen LogP contribution in [0.2, 0.25) is 0 Å². The van der Waals surface area contributed by atoms with Crippen molar-refractivity contribution in [2.24, 2.45) is 0 Å². The van der Waals surface area contributed by atoms with Crippen molar-refractivity contribution in [3.63, 3.8) is 0 Å². The number of carbonyl (C=O) groups is 1. The van der Waals surface area contributed by atoms with E-state index in [2.05, 4.69) is 36.4 Å². The number of rotatable bonds is 4. The third-order valence-corrected chi connectivity index (χ3v) is 4.62. The van der Waals surface area contributed by atoms with Gasteiger partial charge in [0.2, 0.25) is 0 Å². The summed E-state index contributed by atoms with van der Waals surface area (Å²) in [7, 11) is 1.85. The number of nitrogens with zero attached hydrogens (tertiary/aromatic N) is 2. The third kappa shape index (κ3) is 3.40. The van der Waals surface area contributed by atoms with Crippen LogP contribution in [0, 0.1) is 0 Å². The first-order valence-electron chi connectivity index (χ1n) is 6.92. The van der Waals surface area contributed by atoms with E-state index in [1.54, 1.807) is 4.90 Å². The summed E-state index contributed by atoms with van der Waals surface area (Å²) in [4.78, 5) is 14.4. The second-order valence-electron chi connectivity index (χ2n) is 5.47. The van der Waals surface area contributed by atoms with Gasteiger partial charge in [0.15, 0.2) is 0 Å². The summed E-state index contributed by atoms with van der Waals surface area (Å²) >= 11 is 6.90. The second-order valence-corrected chi connectivity index (χ2v) is 7.30. The number of hydrogen-bond donors (Lipinski definition) is 0. The van der Waals surface area contributed by atoms with Crippen LogP contribution in [0.15, 0.2) is 45.5 Å². The highest BCUT2D eigenvalue weighted by atomic mass is 79.9. The zero-order valence-electron chi connectivity index (χ0n) is 11.7. The molecule has 3 nitrogen and oxygen atoms in total. The van der Waals surface area contributed by atoms with Gasteiger partial charge >= 0.3 is 0 Å². The Morgan fingerprint density at radius 1 is 1.24 bits per heavy atom. The zero-order chi connectivity index (χ0) is 15.0. The zero-order valence-corrected chi connectivity index (χ0v) is 14.9. The molecule has 0 atom stereocenters. The summed E-state index contributed by atoms with van der Waals surface area (Å²) < 4.78 is 4.12. The van der Waals surface area contributed by atoms with Gasteiger partial charge < -0.3 is 9.47 Å². The molecule has 1 saturated carbocycles. The van der Waals surface area contributed by atoms with Gasteiger partial charge in [-0.1, -0.05) is 28.1 Å². The molecule has 1 amide bonds. The van der Waals surface area contributed by atoms with Crippen molar-refractivity contribution in [2.45, 2.75) is 25.4 Å². The normalized spacial score (nSPS) is 14.2. The monoisotopic (exact) mass is 410 g/mol. The molecule has 0 unspecified atom stereocenters. The van der Waals surface area contributed by atoms with Crippen LogP contribution in [-0.4, -0.2) is 22.4 Å². The van der Waals surface area contributed by atoms with E-state index in [0.29, 0.717) is 12.6 Å². The van der Waals surface area contributed by atoms with Crippen molar-refractivity contribution in [3.8, 4) is 0 Å². The number of halogens is 2. The first-order valence-corrected chi connectivity index (χ1v) is 8.50. The molecule has 1 aliphatic rings. The molecule has 21 heavy (non-hydrogen) atoms. The Bertz CT molecular complexity index is 659. The molecule has 1 heterocycles. The van der Waals surface area contributed by atoms with Gasteiger partial charge in [0.25, 0.3) is 5.91 Å². The van der Waals surface area contributed by atoms with Crippen LogP contribution in [-0.2, 0) is 6.54 Å². The van der Waals surface area contributed by atoms with E-state index < -0.39 is 0 Å². The van der Waals surface area contributed by atoms with E-state index in [-0.39, 0.29) is 5.91 Å². The lowest BCUT2D eigenvalue weighted by atomic mass is 10.2. The Hall–Kier alpha value is -1.07. The maximum atomic E-state index is 12.7. The number of carbonyl (C=O) groups excluding carboxylic acids is 1. The average molecular weight is 412 g/mol. The van der Waals surface area contributed by atoms with Crippen LogP contribution < -0.4 is 0 Å². The average Bonchev–Trinajstić information content (AvgIpc) is 3.23. The fourth-order valence-corrected chi connectivity index (χ4v) is 3.10. The molecule has 2 aromatic rings. The molecule has 0 bridgehead atoms. The van der Waals surface area contributed by atoms with E-state index >= 15 is 0 Å². The Kier molecular flexibility index (Phi) is 4.22. The predicted molar refractivity (Wildman–Crippen MR) is 90.3 cm³/mol. The van der Waals surface area contributed by atoms with Crippen molar-refractivity contribution in [1.82, 2.24) is 9.47 Å². The molecule has 1 aromatic heterocycles. The first-order chi connectivity index (χ1) is 10.0. The summed E-state index contributed by atoms with van der Waals surface area (Å²) in [6.07, 6.45) is 4.34. The van der Waals surface area contributed by atoms with Crippen LogP contribution >= 0.6 is 31.9 Å². The highest BCUT2D eigenvalue weighted by molar-refractivity contribution is 9.10. The van der Waals surface area contributed by atoms with E-state index in [1.807, 2.05) is 43.6 Å². The van der Waals surface area contributed by atoms with Gasteiger partial charge in [-0.05, 0) is 52.5 Å². The minimum Gasteiger partial charge on any atom is -0.339 e. The summed E-state index contributed by atoms with van der Waals surface area (Å²) in [6, 6.07) is 10.5. The molecule has 0 N–H and O–H groups in total. The van der Waals surface area contributed by atoms with Crippen molar-refractivity contribution >= 4 is 37.8 Å². The summed E-state index contributed by atoms with van der Waals surface area (Å²) in [5.41, 5.74) is 1.89. The lowest BCUT2D eigenvalue weighted by Crippen LogP contribution is -2.28. The lowest BCUT2D eigenvalue weighted by Gasteiger charge is -2.18. The van der Waals surface area contributed by atoms with Crippen molar-refractivity contribution in [2.75, 3.05) is 7.05 Å². The predicted octanol–water partition coefficient (Wildman–Crippen LogP) is 4.62. The maximum Gasteiger partial charge on any atom is 0.270 e. The van der Waals surface area contributed by atoms with Crippen LogP contribution in [0.1, 0.15) is 34.9 Å². The van der Waals surface area contributed by atoms with Crippen LogP contribution in [0.5, 0.6) is 0 Å². The molecule has 1 aromatic carbocycles. The number of amides is 1. The van der Waals surface area contributed by atoms with Crippen LogP contribution in [0.3, 0.4) is 0 Å². The summed E-state index contributed by atoms with van der Waals surface area (Å²) in [5, 5.41) is 0. The molecule has 0 radical (unpaired) electrons. The summed E-state index contributed by atoms with van der Waals surface area (Å²) in [6.45, 7) is 0.611. The lowest BCUT2D eigenvalue weighted by molar-refractivity contribution is 0.0774. The van der Waals surface area contributed by atoms with E-state index in [1.165, 1.54) is 0 Å². The number of benzene rings is 1. The number of aromatic nitrogens is 1. The molecule has 0 saturated heterocycles. The minimum absolute atomic E-state index is 0.0653. The highest BCUT2D eigenvalue weighted by Crippen LogP contribution is 2.37. The topological polar surface area (TPSA) is 25.2 Å². The van der Waals surface area contributed by atoms with Gasteiger partial charge in [-0.3, -0.25) is 4.79 Å². The largest absolute Gasteiger partial charge is 0.339 e. The quantitative estimate of drug-likeness (QED) is 0.720. The van der Waals surface area contributed by atoms with Crippen molar-refractivity contribution < 1.29 is 4.79 Å². The smallest absolute Gasteiger partial charge is 0.270 e. The van der Waals surface area contributed by atoms with Crippen molar-refractivity contribution in [3.05, 3.63) is 56.7 Å². The van der Waals surface area contributed by atoms with E-state index in [4.69, 9.17) is 0 Å². The maximum absolute atomic E-state index is 12.7. The number of hydrogen-bond acceptors (Lipinski definition) is 1. The Balaban J connectivity index is 1.76. The molecular formula is C16H16Br2N2O. The van der Waals surface area contributed by atoms with Crippen LogP contribution in [0.25, 0.3) is 0 Å². The van der Waals surface area contributed by atoms with Gasteiger partial charge in [0.05, 0.1) is 0 Å². The summed E-state index contributed by atoms with van der Waals surface area (Å²) in [5.74, 6) is 0.0653. The second kappa shape index (κ2) is 5.97. The molecule has 3 rings (SSSR count). The molecule has 0 spiro atoms. The molecule has 1 fully saturated rings. The molecule has 0 aliphatic heterocycles. The first kappa shape index (κ1) is 14.9. The van der Waals surface area contributed by atoms with Crippen LogP contribution in [0.4, 0.5) is 0 Å². The minimum atomic E-state index is 0.0653. The molecule has 1 aliphatic carbocycles. The molecular weight excluding hydrogens is 396 g/mol. The van der Waals surface area contributed by atoms with Gasteiger partial charge in [-0.2, -0.15) is 0 Å². The van der Waals surface area contributed by atoms with Gasteiger partial charge in [0.1, 0.15) is 5.69 Å². The van der Waals surface area contributed by atoms with Gasteiger partial charge in [0, 0.05) is 34.8 Å². The Morgan fingerprint density at radius 2 is 1.90 bits per heavy atom. The van der Waals surface area contributed by atoms with Gasteiger partial charge in [-0.25, -0.2) is 0 Å². The molecule has 5 heteroatoms. The standard InChI is InChI=1S/C16H16Br2N2O/c1-19(9-11-2-4-12(17)5-3-11)16(21)15-8-13(18)10-20(15)14-6-7-14/h2-5,8,10,14H,6-7,9H2,1H3. The third-order valence-electron chi connectivity index (χ3n) is 3.65. The van der Waals surface area contributed by atoms with E-state index in [9.17, 15) is 4.79 Å². The van der Waals surface area contributed by atoms with E-state index in [0.717, 1.165) is 33.0 Å². The van der Waals surface area contributed by atoms with Crippen molar-refractivity contribution in [1.29, 1.82) is 0 Å². The molecule has 110 valence electrons. The Labute approximate surface area is 141 Å². The SMILES string of the molecule is CN(Cc1ccc(Br)cc1)C(=O)c1cc(Br)cn1C1CC1. The Morgan fingerprint density at radius 3 is 2.52 bits per heavy atom. The van der Waals surface area contributed by atoms with Gasteiger partial charge in [-0.15, -0.1) is 0 Å². The highest BCUT2D eigenvalue weighted by Gasteiger charge is 2.28.